The Morgan fingerprint density at radius 1 is 1.14 bits per heavy atom. The van der Waals surface area contributed by atoms with Gasteiger partial charge in [-0.1, -0.05) is 0 Å². The van der Waals surface area contributed by atoms with Crippen LogP contribution in [0.3, 0.4) is 0 Å². The summed E-state index contributed by atoms with van der Waals surface area (Å²) in [6, 6.07) is 0.895. The van der Waals surface area contributed by atoms with Crippen molar-refractivity contribution < 1.29 is 13.2 Å². The van der Waals surface area contributed by atoms with Crippen LogP contribution >= 0.6 is 0 Å². The SMILES string of the molecule is NCC(c1cc(F)c(F)cc1F)N1CCn2cnnc2C1. The summed E-state index contributed by atoms with van der Waals surface area (Å²) in [7, 11) is 0. The lowest BCUT2D eigenvalue weighted by molar-refractivity contribution is 0.153. The molecule has 2 heterocycles. The van der Waals surface area contributed by atoms with Crippen molar-refractivity contribution in [3.8, 4) is 0 Å². The Hall–Kier alpha value is -1.93. The van der Waals surface area contributed by atoms with Gasteiger partial charge in [0.25, 0.3) is 0 Å². The Morgan fingerprint density at radius 3 is 2.67 bits per heavy atom. The Kier molecular flexibility index (Phi) is 3.64. The molecule has 8 heteroatoms. The molecule has 21 heavy (non-hydrogen) atoms. The molecule has 1 aromatic carbocycles. The number of fused-ring (bicyclic) bond motifs is 1. The number of hydrogen-bond donors (Lipinski definition) is 1. The topological polar surface area (TPSA) is 60.0 Å². The molecule has 2 N–H and O–H groups in total. The molecule has 1 atom stereocenters. The van der Waals surface area contributed by atoms with E-state index in [1.54, 1.807) is 6.33 Å². The van der Waals surface area contributed by atoms with Crippen molar-refractivity contribution >= 4 is 0 Å². The van der Waals surface area contributed by atoms with Crippen LogP contribution in [0.5, 0.6) is 0 Å². The minimum Gasteiger partial charge on any atom is -0.329 e. The molecular formula is C13H14F3N5. The lowest BCUT2D eigenvalue weighted by Gasteiger charge is -2.34. The highest BCUT2D eigenvalue weighted by Crippen LogP contribution is 2.27. The van der Waals surface area contributed by atoms with Gasteiger partial charge in [-0.2, -0.15) is 0 Å². The van der Waals surface area contributed by atoms with Crippen molar-refractivity contribution in [2.45, 2.75) is 19.1 Å². The molecule has 0 bridgehead atoms. The van der Waals surface area contributed by atoms with Gasteiger partial charge in [-0.15, -0.1) is 10.2 Å². The lowest BCUT2D eigenvalue weighted by atomic mass is 10.0. The van der Waals surface area contributed by atoms with E-state index in [0.29, 0.717) is 25.7 Å². The van der Waals surface area contributed by atoms with Crippen molar-refractivity contribution in [1.82, 2.24) is 19.7 Å². The van der Waals surface area contributed by atoms with Crippen LogP contribution in [0.25, 0.3) is 0 Å². The molecule has 1 aliphatic heterocycles. The van der Waals surface area contributed by atoms with Gasteiger partial charge in [0, 0.05) is 31.3 Å². The van der Waals surface area contributed by atoms with Gasteiger partial charge in [0.05, 0.1) is 12.6 Å². The van der Waals surface area contributed by atoms with Gasteiger partial charge >= 0.3 is 0 Å². The van der Waals surface area contributed by atoms with E-state index in [1.165, 1.54) is 0 Å². The molecule has 1 unspecified atom stereocenters. The number of nitrogens with zero attached hydrogens (tertiary/aromatic N) is 4. The fourth-order valence-electron chi connectivity index (χ4n) is 2.62. The van der Waals surface area contributed by atoms with E-state index < -0.39 is 23.5 Å². The highest BCUT2D eigenvalue weighted by molar-refractivity contribution is 5.24. The molecule has 0 radical (unpaired) electrons. The number of hydrogen-bond acceptors (Lipinski definition) is 4. The third-order valence-electron chi connectivity index (χ3n) is 3.73. The quantitative estimate of drug-likeness (QED) is 0.865. The largest absolute Gasteiger partial charge is 0.329 e. The summed E-state index contributed by atoms with van der Waals surface area (Å²) >= 11 is 0. The molecule has 5 nitrogen and oxygen atoms in total. The molecule has 0 saturated carbocycles. The van der Waals surface area contributed by atoms with E-state index >= 15 is 0 Å². The molecule has 3 rings (SSSR count). The van der Waals surface area contributed by atoms with Crippen LogP contribution in [0.2, 0.25) is 0 Å². The summed E-state index contributed by atoms with van der Waals surface area (Å²) in [5.41, 5.74) is 5.78. The van der Waals surface area contributed by atoms with Crippen LogP contribution in [0, 0.1) is 17.5 Å². The predicted molar refractivity (Wildman–Crippen MR) is 68.5 cm³/mol. The first-order chi connectivity index (χ1) is 10.1. The molecule has 0 amide bonds. The minimum absolute atomic E-state index is 0.0596. The Labute approximate surface area is 119 Å². The highest BCUT2D eigenvalue weighted by atomic mass is 19.2. The number of rotatable bonds is 3. The Bertz CT molecular complexity index is 657. The lowest BCUT2D eigenvalue weighted by Crippen LogP contribution is -2.40. The van der Waals surface area contributed by atoms with Crippen LogP contribution in [0.15, 0.2) is 18.5 Å². The first-order valence-corrected chi connectivity index (χ1v) is 6.55. The van der Waals surface area contributed by atoms with Crippen molar-refractivity contribution in [2.75, 3.05) is 13.1 Å². The van der Waals surface area contributed by atoms with E-state index in [9.17, 15) is 13.2 Å². The maximum atomic E-state index is 13.9. The molecule has 0 aliphatic carbocycles. The van der Waals surface area contributed by atoms with Crippen LogP contribution in [0.1, 0.15) is 17.4 Å². The standard InChI is InChI=1S/C13H14F3N5/c14-9-4-11(16)10(15)3-8(9)12(5-17)20-1-2-21-7-18-19-13(21)6-20/h3-4,7,12H,1-2,5-6,17H2. The highest BCUT2D eigenvalue weighted by Gasteiger charge is 2.27. The molecule has 2 aromatic rings. The van der Waals surface area contributed by atoms with Gasteiger partial charge < -0.3 is 10.3 Å². The second-order valence-corrected chi connectivity index (χ2v) is 4.95. The molecule has 112 valence electrons. The molecular weight excluding hydrogens is 283 g/mol. The van der Waals surface area contributed by atoms with Crippen LogP contribution in [-0.4, -0.2) is 32.8 Å². The summed E-state index contributed by atoms with van der Waals surface area (Å²) in [5, 5.41) is 7.78. The van der Waals surface area contributed by atoms with Gasteiger partial charge in [-0.25, -0.2) is 13.2 Å². The van der Waals surface area contributed by atoms with E-state index in [2.05, 4.69) is 10.2 Å². The third-order valence-corrected chi connectivity index (χ3v) is 3.73. The van der Waals surface area contributed by atoms with Gasteiger partial charge in [0.2, 0.25) is 0 Å². The molecule has 0 fully saturated rings. The third kappa shape index (κ3) is 2.52. The van der Waals surface area contributed by atoms with Gasteiger partial charge in [-0.3, -0.25) is 4.90 Å². The van der Waals surface area contributed by atoms with Crippen molar-refractivity contribution in [2.24, 2.45) is 5.73 Å². The summed E-state index contributed by atoms with van der Waals surface area (Å²) in [6.45, 7) is 1.77. The summed E-state index contributed by atoms with van der Waals surface area (Å²) in [6.07, 6.45) is 1.63. The average Bonchev–Trinajstić information content (AvgIpc) is 2.92. The zero-order valence-corrected chi connectivity index (χ0v) is 11.1. The summed E-state index contributed by atoms with van der Waals surface area (Å²) < 4.78 is 42.3. The van der Waals surface area contributed by atoms with Crippen molar-refractivity contribution in [3.05, 3.63) is 47.3 Å². The van der Waals surface area contributed by atoms with Crippen LogP contribution < -0.4 is 5.73 Å². The number of halogens is 3. The maximum absolute atomic E-state index is 13.9. The smallest absolute Gasteiger partial charge is 0.161 e. The summed E-state index contributed by atoms with van der Waals surface area (Å²) in [4.78, 5) is 1.89. The van der Waals surface area contributed by atoms with E-state index in [-0.39, 0.29) is 12.1 Å². The first-order valence-electron chi connectivity index (χ1n) is 6.55. The number of aromatic nitrogens is 3. The zero-order valence-electron chi connectivity index (χ0n) is 11.1. The van der Waals surface area contributed by atoms with Crippen LogP contribution in [-0.2, 0) is 13.1 Å². The predicted octanol–water partition coefficient (Wildman–Crippen LogP) is 1.21. The Morgan fingerprint density at radius 2 is 1.90 bits per heavy atom. The number of nitrogens with two attached hydrogens (primary N) is 1. The zero-order chi connectivity index (χ0) is 15.0. The van der Waals surface area contributed by atoms with Crippen molar-refractivity contribution in [1.29, 1.82) is 0 Å². The molecule has 0 saturated heterocycles. The number of benzene rings is 1. The van der Waals surface area contributed by atoms with Crippen LogP contribution in [0.4, 0.5) is 13.2 Å². The average molecular weight is 297 g/mol. The second-order valence-electron chi connectivity index (χ2n) is 4.95. The Balaban J connectivity index is 1.91. The van der Waals surface area contributed by atoms with E-state index in [4.69, 9.17) is 5.73 Å². The molecule has 0 spiro atoms. The fraction of sp³-hybridized carbons (Fsp3) is 0.385. The van der Waals surface area contributed by atoms with Gasteiger partial charge in [0.1, 0.15) is 18.0 Å². The maximum Gasteiger partial charge on any atom is 0.161 e. The molecule has 1 aliphatic rings. The fourth-order valence-corrected chi connectivity index (χ4v) is 2.62. The van der Waals surface area contributed by atoms with E-state index in [1.807, 2.05) is 9.47 Å². The summed E-state index contributed by atoms with van der Waals surface area (Å²) in [5.74, 6) is -2.34. The van der Waals surface area contributed by atoms with Crippen molar-refractivity contribution in [3.63, 3.8) is 0 Å². The second kappa shape index (κ2) is 5.45. The van der Waals surface area contributed by atoms with E-state index in [0.717, 1.165) is 11.9 Å². The normalized spacial score (nSPS) is 16.8. The molecule has 1 aromatic heterocycles. The monoisotopic (exact) mass is 297 g/mol. The minimum atomic E-state index is -1.20. The van der Waals surface area contributed by atoms with Gasteiger partial charge in [-0.05, 0) is 6.07 Å². The van der Waals surface area contributed by atoms with Gasteiger partial charge in [0.15, 0.2) is 11.6 Å². The first kappa shape index (κ1) is 14.0.